The molecule has 0 aliphatic rings. The Bertz CT molecular complexity index is 1070. The number of amides is 1. The Hall–Kier alpha value is -2.79. The molecule has 2 aromatic carbocycles. The van der Waals surface area contributed by atoms with Gasteiger partial charge in [-0.25, -0.2) is 9.37 Å². The van der Waals surface area contributed by atoms with Crippen molar-refractivity contribution in [3.8, 4) is 0 Å². The van der Waals surface area contributed by atoms with Crippen molar-refractivity contribution >= 4 is 44.1 Å². The van der Waals surface area contributed by atoms with Crippen LogP contribution in [-0.2, 0) is 0 Å². The first-order valence-corrected chi connectivity index (χ1v) is 8.28. The zero-order valence-corrected chi connectivity index (χ0v) is 13.7. The van der Waals surface area contributed by atoms with Gasteiger partial charge in [-0.3, -0.25) is 4.79 Å². The fraction of sp³-hybridized carbons (Fsp3) is 0.0526. The lowest BCUT2D eigenvalue weighted by Gasteiger charge is -2.02. The van der Waals surface area contributed by atoms with Gasteiger partial charge >= 0.3 is 0 Å². The Kier molecular flexibility index (Phi) is 3.50. The monoisotopic (exact) mass is 336 g/mol. The third-order valence-electron chi connectivity index (χ3n) is 3.79. The van der Waals surface area contributed by atoms with Gasteiger partial charge in [-0.2, -0.15) is 0 Å². The molecule has 0 radical (unpaired) electrons. The molecular formula is C19H13FN2OS. The van der Waals surface area contributed by atoms with Crippen molar-refractivity contribution in [2.24, 2.45) is 0 Å². The topological polar surface area (TPSA) is 42.0 Å². The van der Waals surface area contributed by atoms with Crippen molar-refractivity contribution < 1.29 is 9.18 Å². The number of rotatable bonds is 2. The first-order chi connectivity index (χ1) is 11.6. The van der Waals surface area contributed by atoms with E-state index in [1.165, 1.54) is 35.6 Å². The average molecular weight is 336 g/mol. The molecule has 4 aromatic rings. The second-order valence-electron chi connectivity index (χ2n) is 5.65. The molecule has 4 rings (SSSR count). The molecule has 1 amide bonds. The zero-order chi connectivity index (χ0) is 16.7. The van der Waals surface area contributed by atoms with E-state index in [1.54, 1.807) is 0 Å². The van der Waals surface area contributed by atoms with E-state index < -0.39 is 0 Å². The predicted molar refractivity (Wildman–Crippen MR) is 96.2 cm³/mol. The highest BCUT2D eigenvalue weighted by Gasteiger charge is 2.12. The highest BCUT2D eigenvalue weighted by atomic mass is 32.1. The summed E-state index contributed by atoms with van der Waals surface area (Å²) in [5, 5.41) is 4.77. The molecule has 118 valence electrons. The lowest BCUT2D eigenvalue weighted by atomic mass is 10.1. The summed E-state index contributed by atoms with van der Waals surface area (Å²) < 4.78 is 12.9. The number of carbonyl (C=O) groups is 1. The quantitative estimate of drug-likeness (QED) is 0.550. The molecule has 2 aromatic heterocycles. The van der Waals surface area contributed by atoms with E-state index in [9.17, 15) is 9.18 Å². The van der Waals surface area contributed by atoms with E-state index in [0.29, 0.717) is 10.6 Å². The van der Waals surface area contributed by atoms with Crippen molar-refractivity contribution in [1.29, 1.82) is 0 Å². The molecule has 24 heavy (non-hydrogen) atoms. The van der Waals surface area contributed by atoms with Crippen LogP contribution in [0.4, 0.5) is 10.1 Å². The van der Waals surface area contributed by atoms with Gasteiger partial charge in [0.2, 0.25) is 0 Å². The fourth-order valence-corrected chi connectivity index (χ4v) is 3.49. The Balaban J connectivity index is 1.69. The summed E-state index contributed by atoms with van der Waals surface area (Å²) >= 11 is 1.35. The first-order valence-electron chi connectivity index (χ1n) is 7.46. The van der Waals surface area contributed by atoms with Crippen LogP contribution in [0.1, 0.15) is 15.2 Å². The van der Waals surface area contributed by atoms with Crippen molar-refractivity contribution in [3.05, 3.63) is 70.9 Å². The van der Waals surface area contributed by atoms with E-state index in [-0.39, 0.29) is 11.7 Å². The van der Waals surface area contributed by atoms with Crippen LogP contribution < -0.4 is 5.32 Å². The van der Waals surface area contributed by atoms with E-state index in [2.05, 4.69) is 10.3 Å². The molecule has 1 N–H and O–H groups in total. The predicted octanol–water partition coefficient (Wildman–Crippen LogP) is 5.15. The number of benzene rings is 2. The number of halogens is 1. The number of hydrogen-bond donors (Lipinski definition) is 1. The third kappa shape index (κ3) is 2.74. The summed E-state index contributed by atoms with van der Waals surface area (Å²) in [5.74, 6) is -0.550. The van der Waals surface area contributed by atoms with Gasteiger partial charge in [0.05, 0.1) is 10.4 Å². The highest BCUT2D eigenvalue weighted by Crippen LogP contribution is 2.28. The second-order valence-corrected chi connectivity index (χ2v) is 6.68. The standard InChI is InChI=1S/C19H13FN2OS/c1-11-2-3-12-9-13-10-17(24-19(13)22-16(12)8-11)18(23)21-15-6-4-14(20)5-7-15/h2-10H,1H3,(H,21,23). The molecule has 0 bridgehead atoms. The number of aryl methyl sites for hydroxylation is 1. The Morgan fingerprint density at radius 1 is 1.04 bits per heavy atom. The van der Waals surface area contributed by atoms with Crippen molar-refractivity contribution in [2.45, 2.75) is 6.92 Å². The number of anilines is 1. The minimum atomic E-state index is -0.332. The molecule has 0 aliphatic heterocycles. The number of nitrogens with zero attached hydrogens (tertiary/aromatic N) is 1. The maximum atomic E-state index is 12.9. The Morgan fingerprint density at radius 3 is 2.62 bits per heavy atom. The number of hydrogen-bond acceptors (Lipinski definition) is 3. The van der Waals surface area contributed by atoms with Gasteiger partial charge in [0.25, 0.3) is 5.91 Å². The molecule has 5 heteroatoms. The van der Waals surface area contributed by atoms with Crippen LogP contribution in [0.5, 0.6) is 0 Å². The maximum Gasteiger partial charge on any atom is 0.265 e. The van der Waals surface area contributed by atoms with Crippen LogP contribution >= 0.6 is 11.3 Å². The van der Waals surface area contributed by atoms with Gasteiger partial charge in [-0.05, 0) is 55.0 Å². The van der Waals surface area contributed by atoms with Gasteiger partial charge in [-0.1, -0.05) is 12.1 Å². The Morgan fingerprint density at radius 2 is 1.83 bits per heavy atom. The number of aromatic nitrogens is 1. The number of carbonyl (C=O) groups excluding carboxylic acids is 1. The van der Waals surface area contributed by atoms with Crippen LogP contribution in [0.25, 0.3) is 21.1 Å². The maximum absolute atomic E-state index is 12.9. The number of nitrogens with one attached hydrogen (secondary N) is 1. The Labute approximate surface area is 141 Å². The van der Waals surface area contributed by atoms with E-state index >= 15 is 0 Å². The fourth-order valence-electron chi connectivity index (χ4n) is 2.57. The summed E-state index contributed by atoms with van der Waals surface area (Å²) in [6.07, 6.45) is 0. The second kappa shape index (κ2) is 5.69. The molecule has 0 atom stereocenters. The van der Waals surface area contributed by atoms with Crippen LogP contribution in [0.2, 0.25) is 0 Å². The molecule has 3 nitrogen and oxygen atoms in total. The summed E-state index contributed by atoms with van der Waals surface area (Å²) in [7, 11) is 0. The lowest BCUT2D eigenvalue weighted by molar-refractivity contribution is 0.103. The van der Waals surface area contributed by atoms with Gasteiger partial charge in [-0.15, -0.1) is 11.3 Å². The van der Waals surface area contributed by atoms with Crippen molar-refractivity contribution in [2.75, 3.05) is 5.32 Å². The van der Waals surface area contributed by atoms with E-state index in [4.69, 9.17) is 0 Å². The molecular weight excluding hydrogens is 323 g/mol. The van der Waals surface area contributed by atoms with E-state index in [0.717, 1.165) is 26.7 Å². The smallest absolute Gasteiger partial charge is 0.265 e. The molecule has 0 saturated heterocycles. The third-order valence-corrected chi connectivity index (χ3v) is 4.83. The molecule has 2 heterocycles. The SMILES string of the molecule is Cc1ccc2cc3cc(C(=O)Nc4ccc(F)cc4)sc3nc2c1. The number of fused-ring (bicyclic) bond motifs is 2. The minimum Gasteiger partial charge on any atom is -0.321 e. The van der Waals surface area contributed by atoms with Crippen LogP contribution in [-0.4, -0.2) is 10.9 Å². The first kappa shape index (κ1) is 14.8. The molecule has 0 aliphatic carbocycles. The normalized spacial score (nSPS) is 11.1. The minimum absolute atomic E-state index is 0.218. The summed E-state index contributed by atoms with van der Waals surface area (Å²) in [6, 6.07) is 15.7. The van der Waals surface area contributed by atoms with Gasteiger partial charge in [0, 0.05) is 16.5 Å². The van der Waals surface area contributed by atoms with Crippen LogP contribution in [0.3, 0.4) is 0 Å². The van der Waals surface area contributed by atoms with Gasteiger partial charge in [0.15, 0.2) is 0 Å². The molecule has 0 unspecified atom stereocenters. The lowest BCUT2D eigenvalue weighted by Crippen LogP contribution is -2.09. The number of pyridine rings is 1. The largest absolute Gasteiger partial charge is 0.321 e. The zero-order valence-electron chi connectivity index (χ0n) is 12.8. The van der Waals surface area contributed by atoms with Gasteiger partial charge in [0.1, 0.15) is 10.6 Å². The molecule has 0 spiro atoms. The molecule has 0 fully saturated rings. The molecule has 0 saturated carbocycles. The summed E-state index contributed by atoms with van der Waals surface area (Å²) in [4.78, 5) is 18.5. The summed E-state index contributed by atoms with van der Waals surface area (Å²) in [6.45, 7) is 2.03. The average Bonchev–Trinajstić information content (AvgIpc) is 2.97. The summed E-state index contributed by atoms with van der Waals surface area (Å²) in [5.41, 5.74) is 2.64. The van der Waals surface area contributed by atoms with Gasteiger partial charge < -0.3 is 5.32 Å². The van der Waals surface area contributed by atoms with Crippen molar-refractivity contribution in [3.63, 3.8) is 0 Å². The van der Waals surface area contributed by atoms with Crippen LogP contribution in [0, 0.1) is 12.7 Å². The number of thiophene rings is 1. The van der Waals surface area contributed by atoms with Crippen LogP contribution in [0.15, 0.2) is 54.6 Å². The highest BCUT2D eigenvalue weighted by molar-refractivity contribution is 7.20. The van der Waals surface area contributed by atoms with E-state index in [1.807, 2.05) is 37.3 Å². The van der Waals surface area contributed by atoms with Crippen molar-refractivity contribution in [1.82, 2.24) is 4.98 Å².